The fourth-order valence-corrected chi connectivity index (χ4v) is 3.23. The third kappa shape index (κ3) is 3.22. The summed E-state index contributed by atoms with van der Waals surface area (Å²) in [4.78, 5) is 10.8. The lowest BCUT2D eigenvalue weighted by Gasteiger charge is -2.09. The van der Waals surface area contributed by atoms with Crippen LogP contribution in [0.4, 0.5) is 0 Å². The lowest BCUT2D eigenvalue weighted by Crippen LogP contribution is -2.08. The van der Waals surface area contributed by atoms with Gasteiger partial charge >= 0.3 is 5.97 Å². The monoisotopic (exact) mass is 311 g/mol. The molecule has 0 saturated heterocycles. The van der Waals surface area contributed by atoms with E-state index in [9.17, 15) is 13.2 Å². The lowest BCUT2D eigenvalue weighted by atomic mass is 10.2. The molecule has 2 rings (SSSR count). The zero-order chi connectivity index (χ0) is 15.6. The molecular formula is C13H13NO6S. The molecule has 7 nitrogen and oxygen atoms in total. The summed E-state index contributed by atoms with van der Waals surface area (Å²) in [6, 6.07) is 5.16. The van der Waals surface area contributed by atoms with Crippen molar-refractivity contribution >= 4 is 15.8 Å². The van der Waals surface area contributed by atoms with Gasteiger partial charge in [0.25, 0.3) is 0 Å². The largest absolute Gasteiger partial charge is 0.495 e. The van der Waals surface area contributed by atoms with E-state index in [1.54, 1.807) is 6.92 Å². The van der Waals surface area contributed by atoms with Gasteiger partial charge in [0.2, 0.25) is 0 Å². The summed E-state index contributed by atoms with van der Waals surface area (Å²) in [6.45, 7) is 1.67. The quantitative estimate of drug-likeness (QED) is 0.894. The van der Waals surface area contributed by atoms with Gasteiger partial charge in [0.05, 0.1) is 18.4 Å². The van der Waals surface area contributed by atoms with Crippen molar-refractivity contribution in [2.75, 3.05) is 7.11 Å². The second-order valence-corrected chi connectivity index (χ2v) is 6.32. The zero-order valence-electron chi connectivity index (χ0n) is 11.4. The predicted octanol–water partition coefficient (Wildman–Crippen LogP) is 1.66. The standard InChI is InChI=1S/C13H13NO6S/c1-8-5-10(20-14-8)7-21(17,18)12-6-9(13(15)16)3-4-11(12)19-2/h3-6H,7H2,1-2H3,(H,15,16). The van der Waals surface area contributed by atoms with Gasteiger partial charge in [-0.25, -0.2) is 13.2 Å². The Balaban J connectivity index is 2.47. The first-order valence-electron chi connectivity index (χ1n) is 5.90. The summed E-state index contributed by atoms with van der Waals surface area (Å²) in [6.07, 6.45) is 0. The Morgan fingerprint density at radius 3 is 2.62 bits per heavy atom. The average Bonchev–Trinajstić information content (AvgIpc) is 2.82. The number of methoxy groups -OCH3 is 1. The Morgan fingerprint density at radius 2 is 2.10 bits per heavy atom. The molecule has 8 heteroatoms. The lowest BCUT2D eigenvalue weighted by molar-refractivity contribution is 0.0696. The van der Waals surface area contributed by atoms with Crippen LogP contribution < -0.4 is 4.74 Å². The maximum absolute atomic E-state index is 12.4. The van der Waals surface area contributed by atoms with Gasteiger partial charge in [-0.3, -0.25) is 0 Å². The van der Waals surface area contributed by atoms with Crippen molar-refractivity contribution in [1.29, 1.82) is 0 Å². The van der Waals surface area contributed by atoms with E-state index in [1.807, 2.05) is 0 Å². The van der Waals surface area contributed by atoms with Crippen LogP contribution in [-0.2, 0) is 15.6 Å². The van der Waals surface area contributed by atoms with Crippen molar-refractivity contribution in [3.05, 3.63) is 41.3 Å². The zero-order valence-corrected chi connectivity index (χ0v) is 12.2. The molecule has 0 fully saturated rings. The third-order valence-electron chi connectivity index (χ3n) is 2.75. The van der Waals surface area contributed by atoms with Crippen molar-refractivity contribution in [2.24, 2.45) is 0 Å². The first-order chi connectivity index (χ1) is 9.83. The van der Waals surface area contributed by atoms with E-state index in [0.717, 1.165) is 6.07 Å². The van der Waals surface area contributed by atoms with Gasteiger partial charge in [0.15, 0.2) is 15.6 Å². The Labute approximate surface area is 121 Å². The van der Waals surface area contributed by atoms with E-state index >= 15 is 0 Å². The van der Waals surface area contributed by atoms with E-state index in [-0.39, 0.29) is 22.0 Å². The highest BCUT2D eigenvalue weighted by Crippen LogP contribution is 2.28. The van der Waals surface area contributed by atoms with Crippen LogP contribution in [0, 0.1) is 6.92 Å². The fraction of sp³-hybridized carbons (Fsp3) is 0.231. The molecule has 1 N–H and O–H groups in total. The van der Waals surface area contributed by atoms with E-state index in [1.165, 1.54) is 25.3 Å². The minimum atomic E-state index is -3.82. The molecule has 0 radical (unpaired) electrons. The number of ether oxygens (including phenoxy) is 1. The van der Waals surface area contributed by atoms with E-state index in [0.29, 0.717) is 5.69 Å². The van der Waals surface area contributed by atoms with Gasteiger partial charge in [-0.05, 0) is 25.1 Å². The van der Waals surface area contributed by atoms with Gasteiger partial charge in [0.1, 0.15) is 16.4 Å². The Bertz CT molecular complexity index is 778. The Morgan fingerprint density at radius 1 is 1.38 bits per heavy atom. The van der Waals surface area contributed by atoms with Crippen LogP contribution in [0.2, 0.25) is 0 Å². The topological polar surface area (TPSA) is 107 Å². The third-order valence-corrected chi connectivity index (χ3v) is 4.41. The number of carboxylic acids is 1. The maximum Gasteiger partial charge on any atom is 0.335 e. The number of carboxylic acid groups (broad SMARTS) is 1. The van der Waals surface area contributed by atoms with Crippen molar-refractivity contribution in [1.82, 2.24) is 5.16 Å². The molecule has 21 heavy (non-hydrogen) atoms. The second-order valence-electron chi connectivity index (χ2n) is 4.36. The molecule has 0 aliphatic heterocycles. The molecule has 0 atom stereocenters. The molecule has 0 amide bonds. The number of hydrogen-bond donors (Lipinski definition) is 1. The normalized spacial score (nSPS) is 11.3. The van der Waals surface area contributed by atoms with Gasteiger partial charge in [-0.2, -0.15) is 0 Å². The van der Waals surface area contributed by atoms with Crippen LogP contribution >= 0.6 is 0 Å². The minimum Gasteiger partial charge on any atom is -0.495 e. The summed E-state index contributed by atoms with van der Waals surface area (Å²) in [5.41, 5.74) is 0.426. The van der Waals surface area contributed by atoms with Crippen molar-refractivity contribution in [3.63, 3.8) is 0 Å². The molecule has 0 unspecified atom stereocenters. The number of aromatic carboxylic acids is 1. The van der Waals surface area contributed by atoms with Gasteiger partial charge in [-0.15, -0.1) is 0 Å². The van der Waals surface area contributed by atoms with E-state index in [4.69, 9.17) is 14.4 Å². The van der Waals surface area contributed by atoms with Crippen LogP contribution in [0.15, 0.2) is 33.7 Å². The molecule has 1 aromatic heterocycles. The molecule has 0 aliphatic carbocycles. The number of aryl methyl sites for hydroxylation is 1. The highest BCUT2D eigenvalue weighted by molar-refractivity contribution is 7.90. The second kappa shape index (κ2) is 5.57. The van der Waals surface area contributed by atoms with E-state index in [2.05, 4.69) is 5.16 Å². The smallest absolute Gasteiger partial charge is 0.335 e. The molecule has 1 heterocycles. The highest BCUT2D eigenvalue weighted by Gasteiger charge is 2.24. The van der Waals surface area contributed by atoms with Gasteiger partial charge in [0, 0.05) is 6.07 Å². The molecule has 0 aliphatic rings. The maximum atomic E-state index is 12.4. The molecular weight excluding hydrogens is 298 g/mol. The van der Waals surface area contributed by atoms with Crippen LogP contribution in [0.5, 0.6) is 5.75 Å². The number of nitrogens with zero attached hydrogens (tertiary/aromatic N) is 1. The van der Waals surface area contributed by atoms with Crippen molar-refractivity contribution in [3.8, 4) is 5.75 Å². The Kier molecular flexibility index (Phi) is 3.99. The van der Waals surface area contributed by atoms with Gasteiger partial charge < -0.3 is 14.4 Å². The van der Waals surface area contributed by atoms with E-state index < -0.39 is 21.6 Å². The highest BCUT2D eigenvalue weighted by atomic mass is 32.2. The number of hydrogen-bond acceptors (Lipinski definition) is 6. The summed E-state index contributed by atoms with van der Waals surface area (Å²) < 4.78 is 34.7. The van der Waals surface area contributed by atoms with Gasteiger partial charge in [-0.1, -0.05) is 5.16 Å². The molecule has 1 aromatic carbocycles. The average molecular weight is 311 g/mol. The number of aromatic nitrogens is 1. The molecule has 0 saturated carbocycles. The number of rotatable bonds is 5. The molecule has 112 valence electrons. The van der Waals surface area contributed by atoms with Crippen LogP contribution in [0.1, 0.15) is 21.8 Å². The first-order valence-corrected chi connectivity index (χ1v) is 7.55. The van der Waals surface area contributed by atoms with Crippen molar-refractivity contribution in [2.45, 2.75) is 17.6 Å². The SMILES string of the molecule is COc1ccc(C(=O)O)cc1S(=O)(=O)Cc1cc(C)no1. The van der Waals surface area contributed by atoms with Crippen LogP contribution in [0.3, 0.4) is 0 Å². The molecule has 0 spiro atoms. The first kappa shape index (κ1) is 15.0. The predicted molar refractivity (Wildman–Crippen MR) is 72.1 cm³/mol. The van der Waals surface area contributed by atoms with Crippen molar-refractivity contribution < 1.29 is 27.6 Å². The summed E-state index contributed by atoms with van der Waals surface area (Å²) >= 11 is 0. The van der Waals surface area contributed by atoms with Crippen LogP contribution in [0.25, 0.3) is 0 Å². The summed E-state index contributed by atoms with van der Waals surface area (Å²) in [5, 5.41) is 12.6. The number of carbonyl (C=O) groups is 1. The fourth-order valence-electron chi connectivity index (χ4n) is 1.80. The number of sulfone groups is 1. The summed E-state index contributed by atoms with van der Waals surface area (Å²) in [7, 11) is -2.51. The van der Waals surface area contributed by atoms with Crippen LogP contribution in [-0.4, -0.2) is 31.8 Å². The number of benzene rings is 1. The minimum absolute atomic E-state index is 0.0798. The Hall–Kier alpha value is -2.35. The molecule has 0 bridgehead atoms. The molecule has 2 aromatic rings. The summed E-state index contributed by atoms with van der Waals surface area (Å²) in [5.74, 6) is -1.39.